The Morgan fingerprint density at radius 3 is 2.68 bits per heavy atom. The Labute approximate surface area is 130 Å². The third-order valence-electron chi connectivity index (χ3n) is 3.92. The first-order chi connectivity index (χ1) is 10.8. The van der Waals surface area contributed by atoms with Gasteiger partial charge in [0.25, 0.3) is 5.91 Å². The van der Waals surface area contributed by atoms with Gasteiger partial charge in [0, 0.05) is 22.7 Å². The van der Waals surface area contributed by atoms with Crippen LogP contribution in [0.25, 0.3) is 10.9 Å². The Bertz CT molecular complexity index is 761. The highest BCUT2D eigenvalue weighted by atomic mass is 16.1. The zero-order valence-electron chi connectivity index (χ0n) is 12.7. The molecule has 0 saturated carbocycles. The van der Waals surface area contributed by atoms with E-state index in [1.165, 1.54) is 0 Å². The van der Waals surface area contributed by atoms with Crippen molar-refractivity contribution in [3.63, 3.8) is 0 Å². The Morgan fingerprint density at radius 2 is 1.91 bits per heavy atom. The van der Waals surface area contributed by atoms with E-state index in [9.17, 15) is 4.79 Å². The molecule has 0 radical (unpaired) electrons. The zero-order chi connectivity index (χ0) is 15.4. The Kier molecular flexibility index (Phi) is 4.24. The Morgan fingerprint density at radius 1 is 1.09 bits per heavy atom. The third kappa shape index (κ3) is 2.89. The molecule has 1 atom stereocenters. The molecule has 0 bridgehead atoms. The summed E-state index contributed by atoms with van der Waals surface area (Å²) in [6.07, 6.45) is 3.81. The van der Waals surface area contributed by atoms with Gasteiger partial charge in [-0.1, -0.05) is 49.7 Å². The number of nitrogens with one attached hydrogen (secondary N) is 2. The fraction of sp³-hybridized carbons (Fsp3) is 0.211. The lowest BCUT2D eigenvalue weighted by molar-refractivity contribution is 0.0936. The minimum atomic E-state index is -0.0208. The number of carbonyl (C=O) groups is 1. The maximum atomic E-state index is 12.7. The number of aromatic amines is 1. The Hall–Kier alpha value is -2.55. The highest BCUT2D eigenvalue weighted by molar-refractivity contribution is 6.06. The number of fused-ring (bicyclic) bond motifs is 1. The van der Waals surface area contributed by atoms with Gasteiger partial charge in [0.2, 0.25) is 0 Å². The molecule has 2 N–H and O–H groups in total. The number of carbonyl (C=O) groups excluding carboxylic acids is 1. The topological polar surface area (TPSA) is 44.9 Å². The highest BCUT2D eigenvalue weighted by Gasteiger charge is 2.16. The van der Waals surface area contributed by atoms with Crippen molar-refractivity contribution in [2.24, 2.45) is 0 Å². The molecule has 3 nitrogen and oxygen atoms in total. The molecule has 1 amide bonds. The fourth-order valence-corrected chi connectivity index (χ4v) is 2.82. The van der Waals surface area contributed by atoms with E-state index in [0.717, 1.165) is 34.9 Å². The van der Waals surface area contributed by atoms with Crippen LogP contribution >= 0.6 is 0 Å². The second-order valence-corrected chi connectivity index (χ2v) is 5.47. The van der Waals surface area contributed by atoms with Crippen molar-refractivity contribution in [3.05, 3.63) is 71.9 Å². The van der Waals surface area contributed by atoms with Gasteiger partial charge in [0.05, 0.1) is 6.04 Å². The SMILES string of the molecule is CCCC(NC(=O)c1cccc2[nH]ccc12)c1ccccc1. The number of H-pyrrole nitrogens is 1. The lowest BCUT2D eigenvalue weighted by atomic mass is 10.0. The van der Waals surface area contributed by atoms with E-state index in [4.69, 9.17) is 0 Å². The van der Waals surface area contributed by atoms with Crippen molar-refractivity contribution < 1.29 is 4.79 Å². The third-order valence-corrected chi connectivity index (χ3v) is 3.92. The van der Waals surface area contributed by atoms with Crippen LogP contribution in [0, 0.1) is 0 Å². The van der Waals surface area contributed by atoms with E-state index < -0.39 is 0 Å². The van der Waals surface area contributed by atoms with Crippen LogP contribution in [0.2, 0.25) is 0 Å². The average Bonchev–Trinajstić information content (AvgIpc) is 3.03. The second-order valence-electron chi connectivity index (χ2n) is 5.47. The highest BCUT2D eigenvalue weighted by Crippen LogP contribution is 2.21. The van der Waals surface area contributed by atoms with E-state index in [0.29, 0.717) is 0 Å². The molecule has 3 aromatic rings. The van der Waals surface area contributed by atoms with Crippen LogP contribution < -0.4 is 5.32 Å². The molecule has 0 aliphatic rings. The maximum absolute atomic E-state index is 12.7. The number of hydrogen-bond acceptors (Lipinski definition) is 1. The standard InChI is InChI=1S/C19H20N2O/c1-2-7-17(14-8-4-3-5-9-14)21-19(22)16-10-6-11-18-15(16)12-13-20-18/h3-6,8-13,17,20H,2,7H2,1H3,(H,21,22). The van der Waals surface area contributed by atoms with Crippen LogP contribution in [0.3, 0.4) is 0 Å². The van der Waals surface area contributed by atoms with Crippen molar-refractivity contribution >= 4 is 16.8 Å². The van der Waals surface area contributed by atoms with E-state index >= 15 is 0 Å². The molecule has 0 aliphatic carbocycles. The quantitative estimate of drug-likeness (QED) is 0.717. The molecule has 22 heavy (non-hydrogen) atoms. The molecule has 2 aromatic carbocycles. The number of aromatic nitrogens is 1. The fourth-order valence-electron chi connectivity index (χ4n) is 2.82. The maximum Gasteiger partial charge on any atom is 0.252 e. The normalized spacial score (nSPS) is 12.2. The smallest absolute Gasteiger partial charge is 0.252 e. The lowest BCUT2D eigenvalue weighted by Gasteiger charge is -2.19. The average molecular weight is 292 g/mol. The molecule has 0 aliphatic heterocycles. The summed E-state index contributed by atoms with van der Waals surface area (Å²) in [4.78, 5) is 15.8. The molecule has 3 heteroatoms. The van der Waals surface area contributed by atoms with Crippen LogP contribution in [0.5, 0.6) is 0 Å². The summed E-state index contributed by atoms with van der Waals surface area (Å²) in [5, 5.41) is 4.14. The Balaban J connectivity index is 1.86. The van der Waals surface area contributed by atoms with Crippen molar-refractivity contribution in [1.82, 2.24) is 10.3 Å². The number of rotatable bonds is 5. The van der Waals surface area contributed by atoms with Gasteiger partial charge in [0.1, 0.15) is 0 Å². The number of hydrogen-bond donors (Lipinski definition) is 2. The van der Waals surface area contributed by atoms with E-state index in [2.05, 4.69) is 29.4 Å². The van der Waals surface area contributed by atoms with Gasteiger partial charge < -0.3 is 10.3 Å². The summed E-state index contributed by atoms with van der Waals surface area (Å²) < 4.78 is 0. The monoisotopic (exact) mass is 292 g/mol. The summed E-state index contributed by atoms with van der Waals surface area (Å²) in [7, 11) is 0. The van der Waals surface area contributed by atoms with Gasteiger partial charge in [-0.3, -0.25) is 4.79 Å². The number of amides is 1. The predicted molar refractivity (Wildman–Crippen MR) is 89.9 cm³/mol. The molecule has 3 rings (SSSR count). The molecular weight excluding hydrogens is 272 g/mol. The van der Waals surface area contributed by atoms with Gasteiger partial charge in [-0.2, -0.15) is 0 Å². The van der Waals surface area contributed by atoms with Gasteiger partial charge in [-0.25, -0.2) is 0 Å². The van der Waals surface area contributed by atoms with Gasteiger partial charge in [0.15, 0.2) is 0 Å². The molecule has 112 valence electrons. The van der Waals surface area contributed by atoms with Gasteiger partial charge in [-0.05, 0) is 30.2 Å². The van der Waals surface area contributed by atoms with Gasteiger partial charge >= 0.3 is 0 Å². The van der Waals surface area contributed by atoms with E-state index in [1.54, 1.807) is 0 Å². The summed E-state index contributed by atoms with van der Waals surface area (Å²) in [5.41, 5.74) is 2.86. The summed E-state index contributed by atoms with van der Waals surface area (Å²) >= 11 is 0. The van der Waals surface area contributed by atoms with Crippen LogP contribution in [-0.4, -0.2) is 10.9 Å². The van der Waals surface area contributed by atoms with E-state index in [-0.39, 0.29) is 11.9 Å². The predicted octanol–water partition coefficient (Wildman–Crippen LogP) is 4.44. The van der Waals surface area contributed by atoms with E-state index in [1.807, 2.05) is 48.7 Å². The lowest BCUT2D eigenvalue weighted by Crippen LogP contribution is -2.28. The molecule has 1 unspecified atom stereocenters. The molecule has 1 heterocycles. The van der Waals surface area contributed by atoms with Crippen molar-refractivity contribution in [1.29, 1.82) is 0 Å². The van der Waals surface area contributed by atoms with Crippen molar-refractivity contribution in [2.45, 2.75) is 25.8 Å². The van der Waals surface area contributed by atoms with Crippen molar-refractivity contribution in [2.75, 3.05) is 0 Å². The minimum Gasteiger partial charge on any atom is -0.361 e. The van der Waals surface area contributed by atoms with Crippen LogP contribution in [0.15, 0.2) is 60.8 Å². The first-order valence-corrected chi connectivity index (χ1v) is 7.71. The zero-order valence-corrected chi connectivity index (χ0v) is 12.7. The molecule has 0 fully saturated rings. The first kappa shape index (κ1) is 14.4. The largest absolute Gasteiger partial charge is 0.361 e. The van der Waals surface area contributed by atoms with Crippen molar-refractivity contribution in [3.8, 4) is 0 Å². The molecule has 1 aromatic heterocycles. The summed E-state index contributed by atoms with van der Waals surface area (Å²) in [6, 6.07) is 17.9. The second kappa shape index (κ2) is 6.48. The minimum absolute atomic E-state index is 0.0208. The first-order valence-electron chi connectivity index (χ1n) is 7.71. The number of benzene rings is 2. The molecule has 0 saturated heterocycles. The molecular formula is C19H20N2O. The van der Waals surface area contributed by atoms with Gasteiger partial charge in [-0.15, -0.1) is 0 Å². The van der Waals surface area contributed by atoms with Crippen LogP contribution in [0.1, 0.15) is 41.7 Å². The van der Waals surface area contributed by atoms with Crippen LogP contribution in [0.4, 0.5) is 0 Å². The summed E-state index contributed by atoms with van der Waals surface area (Å²) in [5.74, 6) is -0.0208. The molecule has 0 spiro atoms. The van der Waals surface area contributed by atoms with Crippen LogP contribution in [-0.2, 0) is 0 Å². The summed E-state index contributed by atoms with van der Waals surface area (Å²) in [6.45, 7) is 2.13.